The number of hydrogen-bond donors (Lipinski definition) is 1. The van der Waals surface area contributed by atoms with Gasteiger partial charge >= 0.3 is 0 Å². The molecule has 0 spiro atoms. The van der Waals surface area contributed by atoms with Crippen molar-refractivity contribution in [1.29, 1.82) is 0 Å². The normalized spacial score (nSPS) is 15.0. The third-order valence-corrected chi connectivity index (χ3v) is 4.69. The molecule has 6 heteroatoms. The minimum atomic E-state index is -0.661. The Hall–Kier alpha value is -2.86. The highest BCUT2D eigenvalue weighted by molar-refractivity contribution is 5.96. The Morgan fingerprint density at radius 3 is 2.32 bits per heavy atom. The second kappa shape index (κ2) is 9.37. The van der Waals surface area contributed by atoms with E-state index in [9.17, 15) is 9.59 Å². The van der Waals surface area contributed by atoms with E-state index in [0.717, 1.165) is 37.7 Å². The molecule has 1 atom stereocenters. The number of carbonyl (C=O) groups is 2. The number of benzene rings is 2. The van der Waals surface area contributed by atoms with Gasteiger partial charge in [0.25, 0.3) is 5.91 Å². The maximum Gasteiger partial charge on any atom is 0.265 e. The number of Topliss-reactive ketones (excluding diaryl/α,β-unsaturated/α-hetero) is 1. The Morgan fingerprint density at radius 1 is 1.07 bits per heavy atom. The van der Waals surface area contributed by atoms with Gasteiger partial charge in [-0.05, 0) is 55.5 Å². The van der Waals surface area contributed by atoms with Gasteiger partial charge in [-0.15, -0.1) is 0 Å². The van der Waals surface area contributed by atoms with Gasteiger partial charge in [-0.3, -0.25) is 9.59 Å². The van der Waals surface area contributed by atoms with Crippen LogP contribution in [0.5, 0.6) is 5.75 Å². The van der Waals surface area contributed by atoms with E-state index < -0.39 is 6.10 Å². The van der Waals surface area contributed by atoms with Crippen molar-refractivity contribution < 1.29 is 19.1 Å². The Morgan fingerprint density at radius 2 is 1.71 bits per heavy atom. The molecular formula is C22H26N2O4. The summed E-state index contributed by atoms with van der Waals surface area (Å²) in [5, 5.41) is 2.87. The molecule has 1 fully saturated rings. The van der Waals surface area contributed by atoms with Gasteiger partial charge in [0, 0.05) is 36.4 Å². The monoisotopic (exact) mass is 382 g/mol. The van der Waals surface area contributed by atoms with Gasteiger partial charge < -0.3 is 19.7 Å². The molecule has 28 heavy (non-hydrogen) atoms. The van der Waals surface area contributed by atoms with Crippen LogP contribution in [-0.4, -0.2) is 44.1 Å². The van der Waals surface area contributed by atoms with Crippen LogP contribution >= 0.6 is 0 Å². The minimum absolute atomic E-state index is 0.0814. The molecule has 0 saturated carbocycles. The van der Waals surface area contributed by atoms with E-state index in [1.807, 2.05) is 31.2 Å². The van der Waals surface area contributed by atoms with Crippen LogP contribution in [0.15, 0.2) is 48.5 Å². The lowest BCUT2D eigenvalue weighted by atomic mass is 10.1. The highest BCUT2D eigenvalue weighted by atomic mass is 16.5. The van der Waals surface area contributed by atoms with Crippen molar-refractivity contribution in [2.45, 2.75) is 26.4 Å². The lowest BCUT2D eigenvalue weighted by molar-refractivity contribution is -0.122. The number of amides is 1. The summed E-state index contributed by atoms with van der Waals surface area (Å²) in [6.45, 7) is 6.75. The van der Waals surface area contributed by atoms with E-state index in [1.165, 1.54) is 0 Å². The number of nitrogens with one attached hydrogen (secondary N) is 1. The van der Waals surface area contributed by atoms with Crippen LogP contribution in [0.4, 0.5) is 11.4 Å². The molecule has 2 aromatic rings. The summed E-state index contributed by atoms with van der Waals surface area (Å²) in [7, 11) is 0. The molecule has 0 aliphatic carbocycles. The Kier molecular flexibility index (Phi) is 6.66. The van der Waals surface area contributed by atoms with Crippen molar-refractivity contribution in [1.82, 2.24) is 0 Å². The van der Waals surface area contributed by atoms with Crippen molar-refractivity contribution >= 4 is 23.1 Å². The average Bonchev–Trinajstić information content (AvgIpc) is 2.75. The zero-order chi connectivity index (χ0) is 19.9. The van der Waals surface area contributed by atoms with Crippen LogP contribution in [0.1, 0.15) is 30.6 Å². The van der Waals surface area contributed by atoms with Gasteiger partial charge in [-0.25, -0.2) is 0 Å². The number of morpholine rings is 1. The first-order valence-electron chi connectivity index (χ1n) is 9.60. The molecule has 0 aromatic heterocycles. The molecule has 1 N–H and O–H groups in total. The third kappa shape index (κ3) is 5.10. The van der Waals surface area contributed by atoms with Crippen molar-refractivity contribution in [2.24, 2.45) is 0 Å². The molecule has 1 aliphatic heterocycles. The summed E-state index contributed by atoms with van der Waals surface area (Å²) in [6.07, 6.45) is -0.199. The smallest absolute Gasteiger partial charge is 0.265 e. The summed E-state index contributed by atoms with van der Waals surface area (Å²) in [4.78, 5) is 26.3. The molecule has 1 amide bonds. The lowest BCUT2D eigenvalue weighted by Crippen LogP contribution is -2.36. The summed E-state index contributed by atoms with van der Waals surface area (Å²) in [6, 6.07) is 14.6. The summed E-state index contributed by atoms with van der Waals surface area (Å²) in [5.41, 5.74) is 2.49. The molecule has 148 valence electrons. The van der Waals surface area contributed by atoms with Gasteiger partial charge in [-0.2, -0.15) is 0 Å². The van der Waals surface area contributed by atoms with Gasteiger partial charge in [0.15, 0.2) is 11.9 Å². The highest BCUT2D eigenvalue weighted by Crippen LogP contribution is 2.20. The fourth-order valence-electron chi connectivity index (χ4n) is 3.00. The predicted molar refractivity (Wildman–Crippen MR) is 109 cm³/mol. The molecule has 1 heterocycles. The number of carbonyl (C=O) groups excluding carboxylic acids is 2. The summed E-state index contributed by atoms with van der Waals surface area (Å²) >= 11 is 0. The lowest BCUT2D eigenvalue weighted by Gasteiger charge is -2.29. The SMILES string of the molecule is CCC(=O)c1ccc(O[C@H](C)C(=O)Nc2ccc(N3CCOCC3)cc2)cc1. The quantitative estimate of drug-likeness (QED) is 0.742. The number of ether oxygens (including phenoxy) is 2. The van der Waals surface area contributed by atoms with E-state index in [-0.39, 0.29) is 11.7 Å². The fourth-order valence-corrected chi connectivity index (χ4v) is 3.00. The Balaban J connectivity index is 1.54. The summed E-state index contributed by atoms with van der Waals surface area (Å²) < 4.78 is 11.1. The number of hydrogen-bond acceptors (Lipinski definition) is 5. The topological polar surface area (TPSA) is 67.9 Å². The van der Waals surface area contributed by atoms with Crippen molar-refractivity contribution in [3.8, 4) is 5.75 Å². The Labute approximate surface area is 165 Å². The zero-order valence-electron chi connectivity index (χ0n) is 16.3. The van der Waals surface area contributed by atoms with Crippen molar-refractivity contribution in [3.63, 3.8) is 0 Å². The van der Waals surface area contributed by atoms with E-state index in [4.69, 9.17) is 9.47 Å². The first-order chi connectivity index (χ1) is 13.6. The maximum absolute atomic E-state index is 12.4. The molecule has 1 aliphatic rings. The Bertz CT molecular complexity index is 796. The molecule has 0 unspecified atom stereocenters. The highest BCUT2D eigenvalue weighted by Gasteiger charge is 2.16. The van der Waals surface area contributed by atoms with Gasteiger partial charge in [0.1, 0.15) is 5.75 Å². The second-order valence-electron chi connectivity index (χ2n) is 6.70. The zero-order valence-corrected chi connectivity index (χ0v) is 16.3. The van der Waals surface area contributed by atoms with E-state index >= 15 is 0 Å². The largest absolute Gasteiger partial charge is 0.481 e. The van der Waals surface area contributed by atoms with Crippen LogP contribution in [0.3, 0.4) is 0 Å². The first kappa shape index (κ1) is 19.9. The van der Waals surface area contributed by atoms with E-state index in [0.29, 0.717) is 17.7 Å². The van der Waals surface area contributed by atoms with Crippen LogP contribution in [0.25, 0.3) is 0 Å². The van der Waals surface area contributed by atoms with Crippen molar-refractivity contribution in [3.05, 3.63) is 54.1 Å². The number of ketones is 1. The number of anilines is 2. The molecule has 2 aromatic carbocycles. The van der Waals surface area contributed by atoms with Gasteiger partial charge in [0.2, 0.25) is 0 Å². The predicted octanol–water partition coefficient (Wildman–Crippen LogP) is 3.52. The number of nitrogens with zero attached hydrogens (tertiary/aromatic N) is 1. The molecule has 3 rings (SSSR count). The van der Waals surface area contributed by atoms with Crippen LogP contribution < -0.4 is 15.0 Å². The standard InChI is InChI=1S/C22H26N2O4/c1-3-21(25)17-4-10-20(11-5-17)28-16(2)22(26)23-18-6-8-19(9-7-18)24-12-14-27-15-13-24/h4-11,16H,3,12-15H2,1-2H3,(H,23,26)/t16-/m1/s1. The average molecular weight is 382 g/mol. The first-order valence-corrected chi connectivity index (χ1v) is 9.60. The fraction of sp³-hybridized carbons (Fsp3) is 0.364. The molecule has 6 nitrogen and oxygen atoms in total. The minimum Gasteiger partial charge on any atom is -0.481 e. The maximum atomic E-state index is 12.4. The molecule has 0 radical (unpaired) electrons. The third-order valence-electron chi connectivity index (χ3n) is 4.69. The van der Waals surface area contributed by atoms with Crippen molar-refractivity contribution in [2.75, 3.05) is 36.5 Å². The van der Waals surface area contributed by atoms with E-state index in [2.05, 4.69) is 10.2 Å². The molecule has 0 bridgehead atoms. The van der Waals surface area contributed by atoms with Gasteiger partial charge in [-0.1, -0.05) is 6.92 Å². The second-order valence-corrected chi connectivity index (χ2v) is 6.70. The number of rotatable bonds is 7. The van der Waals surface area contributed by atoms with Gasteiger partial charge in [0.05, 0.1) is 13.2 Å². The molecule has 1 saturated heterocycles. The summed E-state index contributed by atoms with van der Waals surface area (Å²) in [5.74, 6) is 0.406. The molecular weight excluding hydrogens is 356 g/mol. The van der Waals surface area contributed by atoms with Crippen LogP contribution in [0, 0.1) is 0 Å². The van der Waals surface area contributed by atoms with Crippen LogP contribution in [0.2, 0.25) is 0 Å². The van der Waals surface area contributed by atoms with E-state index in [1.54, 1.807) is 31.2 Å². The van der Waals surface area contributed by atoms with Crippen LogP contribution in [-0.2, 0) is 9.53 Å².